The Morgan fingerprint density at radius 3 is 1.81 bits per heavy atom. The van der Waals surface area contributed by atoms with Crippen LogP contribution in [0.25, 0.3) is 49.7 Å². The fourth-order valence-corrected chi connectivity index (χ4v) is 9.93. The van der Waals surface area contributed by atoms with Gasteiger partial charge in [0, 0.05) is 38.8 Å². The molecule has 0 N–H and O–H groups in total. The van der Waals surface area contributed by atoms with E-state index < -0.39 is 0 Å². The maximum Gasteiger partial charge on any atom is 0.333 e. The molecule has 1 aromatic heterocycles. The molecule has 6 aromatic carbocycles. The first kappa shape index (κ1) is 33.5. The summed E-state index contributed by atoms with van der Waals surface area (Å²) in [7, 11) is 0. The van der Waals surface area contributed by atoms with E-state index in [-0.39, 0.29) is 28.5 Å². The van der Waals surface area contributed by atoms with Gasteiger partial charge >= 0.3 is 6.85 Å². The Balaban J connectivity index is 1.36. The van der Waals surface area contributed by atoms with Gasteiger partial charge < -0.3 is 9.38 Å². The number of benzene rings is 6. The molecule has 0 atom stereocenters. The Morgan fingerprint density at radius 1 is 0.500 bits per heavy atom. The average molecular weight is 703 g/mol. The van der Waals surface area contributed by atoms with Crippen LogP contribution in [0.3, 0.4) is 0 Å². The smallest absolute Gasteiger partial charge is 0.333 e. The van der Waals surface area contributed by atoms with Crippen molar-refractivity contribution < 1.29 is 0 Å². The molecular formula is C51H51BN2. The maximum absolute atomic E-state index is 2.67. The zero-order valence-electron chi connectivity index (χ0n) is 33.9. The Bertz CT molecular complexity index is 2740. The summed E-state index contributed by atoms with van der Waals surface area (Å²) in [5, 5.41) is 2.68. The molecule has 3 heteroatoms. The first-order valence-corrected chi connectivity index (χ1v) is 19.9. The fraction of sp³-hybridized carbons (Fsp3) is 0.294. The first-order chi connectivity index (χ1) is 25.4. The monoisotopic (exact) mass is 702 g/mol. The fourth-order valence-electron chi connectivity index (χ4n) is 9.93. The van der Waals surface area contributed by atoms with E-state index in [4.69, 9.17) is 0 Å². The van der Waals surface area contributed by atoms with Gasteiger partial charge in [0.2, 0.25) is 0 Å². The van der Waals surface area contributed by atoms with Crippen LogP contribution in [0.5, 0.6) is 0 Å². The average Bonchev–Trinajstić information content (AvgIpc) is 3.57. The van der Waals surface area contributed by atoms with E-state index in [1.165, 1.54) is 99.9 Å². The third-order valence-electron chi connectivity index (χ3n) is 13.1. The second kappa shape index (κ2) is 10.6. The lowest BCUT2D eigenvalue weighted by Gasteiger charge is -2.43. The van der Waals surface area contributed by atoms with Crippen LogP contribution in [0.15, 0.2) is 109 Å². The van der Waals surface area contributed by atoms with Crippen molar-refractivity contribution in [2.45, 2.75) is 97.8 Å². The van der Waals surface area contributed by atoms with Crippen molar-refractivity contribution in [1.82, 2.24) is 4.57 Å². The lowest BCUT2D eigenvalue weighted by atomic mass is 9.43. The SMILES string of the molecule is CC(C)(C)c1ccc(N2B3c4cc(C(C)(C)C)ccc4-n4c5cc6c(cc5c5ccc(c3c54)-c3cc(C(C)(C)C)ccc32)C(C)(C)c2ccccc2-6)cc1. The van der Waals surface area contributed by atoms with Gasteiger partial charge in [0.05, 0.1) is 11.0 Å². The van der Waals surface area contributed by atoms with Crippen molar-refractivity contribution in [2.75, 3.05) is 4.81 Å². The third-order valence-corrected chi connectivity index (χ3v) is 13.1. The Hall–Kier alpha value is -5.02. The van der Waals surface area contributed by atoms with Crippen LogP contribution in [0.2, 0.25) is 0 Å². The van der Waals surface area contributed by atoms with Gasteiger partial charge in [-0.3, -0.25) is 0 Å². The summed E-state index contributed by atoms with van der Waals surface area (Å²) in [6.07, 6.45) is 0. The van der Waals surface area contributed by atoms with Gasteiger partial charge in [-0.15, -0.1) is 0 Å². The Kier molecular flexibility index (Phi) is 6.58. The summed E-state index contributed by atoms with van der Waals surface area (Å²) < 4.78 is 2.63. The maximum atomic E-state index is 2.67. The number of anilines is 2. The van der Waals surface area contributed by atoms with Gasteiger partial charge in [0.15, 0.2) is 0 Å². The van der Waals surface area contributed by atoms with E-state index in [0.29, 0.717) is 0 Å². The molecule has 10 rings (SSSR count). The van der Waals surface area contributed by atoms with Crippen LogP contribution < -0.4 is 15.7 Å². The lowest BCUT2D eigenvalue weighted by molar-refractivity contribution is 0.590. The Morgan fingerprint density at radius 2 is 1.13 bits per heavy atom. The highest BCUT2D eigenvalue weighted by atomic mass is 15.1. The van der Waals surface area contributed by atoms with Crippen molar-refractivity contribution in [2.24, 2.45) is 0 Å². The standard InChI is InChI=1S/C51H51BN2/c1-48(2,3)30-16-20-33(21-17-30)54-43-24-18-31(49(4,5)6)26-38(43)35-22-23-36-39-28-41-37(34-14-12-13-15-40(34)51(41,10)11)29-45(39)53-44-25-19-32(50(7,8)9)27-42(44)52(54)46(35)47(36)53/h12-29H,1-11H3. The van der Waals surface area contributed by atoms with Crippen LogP contribution in [-0.4, -0.2) is 11.4 Å². The molecule has 1 aliphatic carbocycles. The number of hydrogen-bond donors (Lipinski definition) is 0. The molecule has 0 fully saturated rings. The second-order valence-electron chi connectivity index (χ2n) is 19.9. The predicted octanol–water partition coefficient (Wildman–Crippen LogP) is 12.2. The van der Waals surface area contributed by atoms with Crippen molar-refractivity contribution in [3.8, 4) is 27.9 Å². The molecule has 0 radical (unpaired) electrons. The quantitative estimate of drug-likeness (QED) is 0.155. The Labute approximate surface area is 322 Å². The van der Waals surface area contributed by atoms with E-state index in [0.717, 1.165) is 0 Å². The number of aromatic nitrogens is 1. The highest BCUT2D eigenvalue weighted by Gasteiger charge is 2.45. The number of hydrogen-bond acceptors (Lipinski definition) is 1. The van der Waals surface area contributed by atoms with Crippen molar-refractivity contribution in [3.63, 3.8) is 0 Å². The first-order valence-electron chi connectivity index (χ1n) is 19.9. The van der Waals surface area contributed by atoms with E-state index in [2.05, 4.69) is 195 Å². The minimum absolute atomic E-state index is 0.00634. The van der Waals surface area contributed by atoms with Crippen LogP contribution in [0.4, 0.5) is 11.4 Å². The molecule has 0 saturated carbocycles. The van der Waals surface area contributed by atoms with Gasteiger partial charge in [-0.2, -0.15) is 0 Å². The van der Waals surface area contributed by atoms with Gasteiger partial charge in [0.1, 0.15) is 0 Å². The van der Waals surface area contributed by atoms with Gasteiger partial charge in [0.25, 0.3) is 0 Å². The third kappa shape index (κ3) is 4.48. The highest BCUT2D eigenvalue weighted by Crippen LogP contribution is 2.52. The minimum Gasteiger partial charge on any atom is -0.376 e. The molecule has 0 bridgehead atoms. The normalized spacial score (nSPS) is 15.4. The molecule has 2 aliphatic heterocycles. The minimum atomic E-state index is -0.0662. The largest absolute Gasteiger partial charge is 0.376 e. The molecule has 54 heavy (non-hydrogen) atoms. The summed E-state index contributed by atoms with van der Waals surface area (Å²) in [4.78, 5) is 2.67. The van der Waals surface area contributed by atoms with Crippen LogP contribution in [-0.2, 0) is 21.7 Å². The lowest BCUT2D eigenvalue weighted by Crippen LogP contribution is -2.60. The summed E-state index contributed by atoms with van der Waals surface area (Å²) >= 11 is 0. The van der Waals surface area contributed by atoms with Crippen molar-refractivity contribution >= 4 is 51.0 Å². The summed E-state index contributed by atoms with van der Waals surface area (Å²) in [6.45, 7) is 25.7. The molecule has 0 unspecified atom stereocenters. The topological polar surface area (TPSA) is 8.17 Å². The predicted molar refractivity (Wildman–Crippen MR) is 233 cm³/mol. The van der Waals surface area contributed by atoms with Gasteiger partial charge in [-0.1, -0.05) is 143 Å². The summed E-state index contributed by atoms with van der Waals surface area (Å²) in [5.74, 6) is 0. The molecule has 3 aliphatic rings. The molecule has 3 heterocycles. The molecule has 0 saturated heterocycles. The molecule has 0 spiro atoms. The van der Waals surface area contributed by atoms with Gasteiger partial charge in [-0.25, -0.2) is 0 Å². The number of nitrogens with zero attached hydrogens (tertiary/aromatic N) is 2. The summed E-state index contributed by atoms with van der Waals surface area (Å²) in [5.41, 5.74) is 21.6. The zero-order valence-corrected chi connectivity index (χ0v) is 33.9. The van der Waals surface area contributed by atoms with E-state index >= 15 is 0 Å². The number of rotatable bonds is 1. The second-order valence-corrected chi connectivity index (χ2v) is 19.9. The number of fused-ring (bicyclic) bond motifs is 11. The summed E-state index contributed by atoms with van der Waals surface area (Å²) in [6, 6.07) is 43.0. The highest BCUT2D eigenvalue weighted by molar-refractivity contribution is 6.93. The van der Waals surface area contributed by atoms with Crippen LogP contribution in [0.1, 0.15) is 104 Å². The van der Waals surface area contributed by atoms with Crippen LogP contribution in [0, 0.1) is 0 Å². The molecule has 0 amide bonds. The van der Waals surface area contributed by atoms with Crippen molar-refractivity contribution in [3.05, 3.63) is 137 Å². The van der Waals surface area contributed by atoms with Crippen LogP contribution >= 0.6 is 0 Å². The molecule has 268 valence electrons. The van der Waals surface area contributed by atoms with Gasteiger partial charge in [-0.05, 0) is 114 Å². The molecule has 2 nitrogen and oxygen atoms in total. The van der Waals surface area contributed by atoms with E-state index in [9.17, 15) is 0 Å². The van der Waals surface area contributed by atoms with E-state index in [1.54, 1.807) is 0 Å². The van der Waals surface area contributed by atoms with E-state index in [1.807, 2.05) is 0 Å². The zero-order chi connectivity index (χ0) is 37.9. The molecular weight excluding hydrogens is 651 g/mol. The van der Waals surface area contributed by atoms with Crippen molar-refractivity contribution in [1.29, 1.82) is 0 Å². The molecule has 7 aromatic rings.